The number of nitrogens with zero attached hydrogens (tertiary/aromatic N) is 1. The van der Waals surface area contributed by atoms with Gasteiger partial charge in [-0.25, -0.2) is 0 Å². The molecule has 1 heterocycles. The molecule has 0 radical (unpaired) electrons. The number of pyridine rings is 1. The molecule has 0 aliphatic rings. The number of fused-ring (bicyclic) bond motifs is 1. The van der Waals surface area contributed by atoms with Crippen molar-refractivity contribution < 1.29 is 9.53 Å². The van der Waals surface area contributed by atoms with Crippen molar-refractivity contribution in [1.29, 1.82) is 0 Å². The molecule has 94 valence electrons. The quantitative estimate of drug-likeness (QED) is 0.629. The van der Waals surface area contributed by atoms with Crippen LogP contribution in [0.5, 0.6) is 0 Å². The SMILES string of the molecule is CCOC(=O)C(Cl)Cc1cccc2cccnc12. The first-order chi connectivity index (χ1) is 8.72. The van der Waals surface area contributed by atoms with Crippen LogP contribution in [0.1, 0.15) is 12.5 Å². The van der Waals surface area contributed by atoms with E-state index in [1.54, 1.807) is 13.1 Å². The molecule has 0 aliphatic heterocycles. The summed E-state index contributed by atoms with van der Waals surface area (Å²) in [6.07, 6.45) is 2.16. The van der Waals surface area contributed by atoms with Gasteiger partial charge in [-0.3, -0.25) is 9.78 Å². The van der Waals surface area contributed by atoms with Crippen LogP contribution in [0.2, 0.25) is 0 Å². The Labute approximate surface area is 111 Å². The van der Waals surface area contributed by atoms with E-state index in [0.717, 1.165) is 16.5 Å². The van der Waals surface area contributed by atoms with Crippen LogP contribution in [0.25, 0.3) is 10.9 Å². The number of rotatable bonds is 4. The van der Waals surface area contributed by atoms with Crippen molar-refractivity contribution in [2.75, 3.05) is 6.61 Å². The topological polar surface area (TPSA) is 39.2 Å². The number of para-hydroxylation sites is 1. The van der Waals surface area contributed by atoms with Gasteiger partial charge in [0.05, 0.1) is 12.1 Å². The van der Waals surface area contributed by atoms with Crippen LogP contribution in [0.15, 0.2) is 36.5 Å². The molecule has 0 spiro atoms. The van der Waals surface area contributed by atoms with Gasteiger partial charge in [0.25, 0.3) is 0 Å². The lowest BCUT2D eigenvalue weighted by Crippen LogP contribution is -2.20. The number of aromatic nitrogens is 1. The van der Waals surface area contributed by atoms with Crippen molar-refractivity contribution in [1.82, 2.24) is 4.98 Å². The lowest BCUT2D eigenvalue weighted by molar-refractivity contribution is -0.142. The molecule has 0 bridgehead atoms. The van der Waals surface area contributed by atoms with E-state index in [4.69, 9.17) is 16.3 Å². The first-order valence-corrected chi connectivity index (χ1v) is 6.29. The summed E-state index contributed by atoms with van der Waals surface area (Å²) in [6, 6.07) is 9.73. The summed E-state index contributed by atoms with van der Waals surface area (Å²) < 4.78 is 4.90. The molecule has 2 aromatic rings. The summed E-state index contributed by atoms with van der Waals surface area (Å²) >= 11 is 6.04. The maximum Gasteiger partial charge on any atom is 0.324 e. The Bertz CT molecular complexity index is 551. The second-order valence-corrected chi connectivity index (χ2v) is 4.44. The number of esters is 1. The van der Waals surface area contributed by atoms with E-state index in [9.17, 15) is 4.79 Å². The zero-order valence-corrected chi connectivity index (χ0v) is 10.9. The molecule has 4 heteroatoms. The number of alkyl halides is 1. The highest BCUT2D eigenvalue weighted by atomic mass is 35.5. The number of benzene rings is 1. The maximum atomic E-state index is 11.5. The van der Waals surface area contributed by atoms with E-state index >= 15 is 0 Å². The molecule has 3 nitrogen and oxygen atoms in total. The van der Waals surface area contributed by atoms with Gasteiger partial charge in [0.2, 0.25) is 0 Å². The van der Waals surface area contributed by atoms with Gasteiger partial charge in [0.1, 0.15) is 5.38 Å². The number of hydrogen-bond acceptors (Lipinski definition) is 3. The van der Waals surface area contributed by atoms with Gasteiger partial charge in [-0.1, -0.05) is 24.3 Å². The lowest BCUT2D eigenvalue weighted by atomic mass is 10.1. The third kappa shape index (κ3) is 2.79. The maximum absolute atomic E-state index is 11.5. The van der Waals surface area contributed by atoms with Gasteiger partial charge in [0.15, 0.2) is 0 Å². The number of hydrogen-bond donors (Lipinski definition) is 0. The Morgan fingerprint density at radius 2 is 2.17 bits per heavy atom. The molecule has 1 aromatic carbocycles. The van der Waals surface area contributed by atoms with Gasteiger partial charge in [-0.2, -0.15) is 0 Å². The van der Waals surface area contributed by atoms with Crippen LogP contribution in [-0.4, -0.2) is 22.9 Å². The average molecular weight is 264 g/mol. The Morgan fingerprint density at radius 3 is 2.94 bits per heavy atom. The largest absolute Gasteiger partial charge is 0.465 e. The summed E-state index contributed by atoms with van der Waals surface area (Å²) in [5.74, 6) is -0.382. The Morgan fingerprint density at radius 1 is 1.39 bits per heavy atom. The van der Waals surface area contributed by atoms with Crippen molar-refractivity contribution >= 4 is 28.5 Å². The molecular weight excluding hydrogens is 250 g/mol. The van der Waals surface area contributed by atoms with Crippen LogP contribution in [0, 0.1) is 0 Å². The molecule has 0 aliphatic carbocycles. The normalized spacial score (nSPS) is 12.3. The Hall–Kier alpha value is -1.61. The van der Waals surface area contributed by atoms with Crippen LogP contribution in [0.3, 0.4) is 0 Å². The fraction of sp³-hybridized carbons (Fsp3) is 0.286. The molecule has 18 heavy (non-hydrogen) atoms. The van der Waals surface area contributed by atoms with E-state index in [0.29, 0.717) is 13.0 Å². The lowest BCUT2D eigenvalue weighted by Gasteiger charge is -2.10. The number of ether oxygens (including phenoxy) is 1. The predicted octanol–water partition coefficient (Wildman–Crippen LogP) is 2.95. The summed E-state index contributed by atoms with van der Waals surface area (Å²) in [6.45, 7) is 2.11. The van der Waals surface area contributed by atoms with Gasteiger partial charge < -0.3 is 4.74 Å². The van der Waals surface area contributed by atoms with E-state index < -0.39 is 5.38 Å². The van der Waals surface area contributed by atoms with E-state index in [1.807, 2.05) is 30.3 Å². The van der Waals surface area contributed by atoms with E-state index in [-0.39, 0.29) is 5.97 Å². The zero-order valence-electron chi connectivity index (χ0n) is 10.1. The molecule has 2 rings (SSSR count). The third-order valence-electron chi connectivity index (χ3n) is 2.66. The average Bonchev–Trinajstić information content (AvgIpc) is 2.39. The molecule has 0 fully saturated rings. The van der Waals surface area contributed by atoms with Gasteiger partial charge in [-0.15, -0.1) is 11.6 Å². The summed E-state index contributed by atoms with van der Waals surface area (Å²) in [5.41, 5.74) is 1.84. The number of carbonyl (C=O) groups is 1. The van der Waals surface area contributed by atoms with Crippen molar-refractivity contribution in [3.05, 3.63) is 42.1 Å². The van der Waals surface area contributed by atoms with Crippen LogP contribution in [-0.2, 0) is 16.0 Å². The Balaban J connectivity index is 2.24. The standard InChI is InChI=1S/C14H14ClNO2/c1-2-18-14(17)12(15)9-11-6-3-5-10-7-4-8-16-13(10)11/h3-8,12H,2,9H2,1H3. The first kappa shape index (κ1) is 12.8. The summed E-state index contributed by atoms with van der Waals surface area (Å²) in [4.78, 5) is 15.8. The highest BCUT2D eigenvalue weighted by molar-refractivity contribution is 6.30. The molecule has 0 saturated carbocycles. The zero-order chi connectivity index (χ0) is 13.0. The summed E-state index contributed by atoms with van der Waals surface area (Å²) in [7, 11) is 0. The van der Waals surface area contributed by atoms with Crippen molar-refractivity contribution in [2.45, 2.75) is 18.7 Å². The number of carbonyl (C=O) groups excluding carboxylic acids is 1. The molecule has 1 aromatic heterocycles. The summed E-state index contributed by atoms with van der Waals surface area (Å²) in [5, 5.41) is 0.375. The van der Waals surface area contributed by atoms with Crippen molar-refractivity contribution in [3.8, 4) is 0 Å². The van der Waals surface area contributed by atoms with Gasteiger partial charge in [-0.05, 0) is 18.6 Å². The highest BCUT2D eigenvalue weighted by Gasteiger charge is 2.18. The number of halogens is 1. The van der Waals surface area contributed by atoms with Gasteiger partial charge >= 0.3 is 5.97 Å². The monoisotopic (exact) mass is 263 g/mol. The first-order valence-electron chi connectivity index (χ1n) is 5.85. The smallest absolute Gasteiger partial charge is 0.324 e. The molecule has 1 atom stereocenters. The van der Waals surface area contributed by atoms with Crippen LogP contribution in [0.4, 0.5) is 0 Å². The minimum atomic E-state index is -0.669. The second kappa shape index (κ2) is 5.83. The molecule has 0 amide bonds. The minimum absolute atomic E-state index is 0.343. The molecule has 0 saturated heterocycles. The fourth-order valence-corrected chi connectivity index (χ4v) is 2.07. The fourth-order valence-electron chi connectivity index (χ4n) is 1.84. The highest BCUT2D eigenvalue weighted by Crippen LogP contribution is 2.19. The van der Waals surface area contributed by atoms with Crippen LogP contribution >= 0.6 is 11.6 Å². The molecule has 1 unspecified atom stereocenters. The third-order valence-corrected chi connectivity index (χ3v) is 2.99. The Kier molecular flexibility index (Phi) is 4.15. The molecular formula is C14H14ClNO2. The predicted molar refractivity (Wildman–Crippen MR) is 71.7 cm³/mol. The van der Waals surface area contributed by atoms with E-state index in [2.05, 4.69) is 4.98 Å². The van der Waals surface area contributed by atoms with Gasteiger partial charge in [0, 0.05) is 18.0 Å². The van der Waals surface area contributed by atoms with Crippen molar-refractivity contribution in [3.63, 3.8) is 0 Å². The minimum Gasteiger partial charge on any atom is -0.465 e. The second-order valence-electron chi connectivity index (χ2n) is 3.92. The van der Waals surface area contributed by atoms with E-state index in [1.165, 1.54) is 0 Å². The van der Waals surface area contributed by atoms with Crippen molar-refractivity contribution in [2.24, 2.45) is 0 Å². The van der Waals surface area contributed by atoms with Crippen LogP contribution < -0.4 is 0 Å². The molecule has 0 N–H and O–H groups in total.